The molecule has 2 N–H and O–H groups in total. The number of aromatic amines is 1. The molecule has 15 heteroatoms. The third kappa shape index (κ3) is 4.37. The maximum atomic E-state index is 13.8. The van der Waals surface area contributed by atoms with E-state index in [0.717, 1.165) is 16.5 Å². The number of benzene rings is 2. The Bertz CT molecular complexity index is 2210. The van der Waals surface area contributed by atoms with Crippen LogP contribution in [0, 0.1) is 6.92 Å². The number of aromatic nitrogens is 5. The van der Waals surface area contributed by atoms with Crippen molar-refractivity contribution in [3.63, 3.8) is 0 Å². The van der Waals surface area contributed by atoms with Crippen molar-refractivity contribution in [1.29, 1.82) is 0 Å². The van der Waals surface area contributed by atoms with Crippen LogP contribution in [0.1, 0.15) is 11.8 Å². The number of aryl methyl sites for hydroxylation is 1. The average Bonchev–Trinajstić information content (AvgIpc) is 3.67. The fraction of sp³-hybridized carbons (Fsp3) is 0.214. The number of imidazole rings is 2. The Morgan fingerprint density at radius 3 is 2.79 bits per heavy atom. The first-order valence-electron chi connectivity index (χ1n) is 13.3. The molecule has 8 rings (SSSR count). The van der Waals surface area contributed by atoms with Gasteiger partial charge in [-0.2, -0.15) is 4.98 Å². The summed E-state index contributed by atoms with van der Waals surface area (Å²) in [5, 5.41) is 12.4. The number of aliphatic hydroxyl groups is 1. The number of hydrogen-bond acceptors (Lipinski definition) is 11. The highest BCUT2D eigenvalue weighted by Gasteiger charge is 2.50. The normalized spacial score (nSPS) is 23.8. The van der Waals surface area contributed by atoms with Crippen molar-refractivity contribution in [3.05, 3.63) is 87.1 Å². The van der Waals surface area contributed by atoms with Gasteiger partial charge in [-0.25, -0.2) is 14.2 Å². The minimum Gasteiger partial charge on any atom is -0.423 e. The lowest BCUT2D eigenvalue weighted by molar-refractivity contribution is -0.0583. The van der Waals surface area contributed by atoms with Gasteiger partial charge in [0.15, 0.2) is 22.5 Å². The lowest BCUT2D eigenvalue weighted by Gasteiger charge is -2.24. The van der Waals surface area contributed by atoms with Gasteiger partial charge in [-0.05, 0) is 36.2 Å². The highest BCUT2D eigenvalue weighted by atomic mass is 32.2. The standard InChI is InChI=1S/C28H22N5O8PS/c1-13-9-20(34)39-18-10-15(7-8-16(13)18)43-28-30-21-24(33(28)26-22(35)23-19(40-26)12-38-42(37)41-23)31-27-29-17(11-32(27)25(21)36)14-5-3-2-4-6-14/h2-11,19,22-23,26,35,42H,12H2,1H3,(H,29,31)/t19?,22-,23+,26+/m0/s1. The van der Waals surface area contributed by atoms with E-state index in [0.29, 0.717) is 21.3 Å². The zero-order chi connectivity index (χ0) is 29.4. The van der Waals surface area contributed by atoms with E-state index in [1.54, 1.807) is 16.8 Å². The fourth-order valence-electron chi connectivity index (χ4n) is 5.56. The summed E-state index contributed by atoms with van der Waals surface area (Å²) in [7, 11) is -2.79. The van der Waals surface area contributed by atoms with E-state index in [9.17, 15) is 19.3 Å². The molecule has 218 valence electrons. The Balaban J connectivity index is 1.30. The number of fused-ring (bicyclic) bond motifs is 4. The smallest absolute Gasteiger partial charge is 0.336 e. The summed E-state index contributed by atoms with van der Waals surface area (Å²) >= 11 is 1.18. The minimum atomic E-state index is -2.79. The molecule has 2 saturated heterocycles. The Kier molecular flexibility index (Phi) is 6.19. The van der Waals surface area contributed by atoms with Gasteiger partial charge in [0.25, 0.3) is 5.56 Å². The molecule has 2 fully saturated rings. The zero-order valence-electron chi connectivity index (χ0n) is 22.3. The van der Waals surface area contributed by atoms with Crippen LogP contribution in [0.15, 0.2) is 84.9 Å². The van der Waals surface area contributed by atoms with Gasteiger partial charge in [0.05, 0.1) is 12.3 Å². The van der Waals surface area contributed by atoms with Gasteiger partial charge in [-0.1, -0.05) is 42.1 Å². The molecule has 13 nitrogen and oxygen atoms in total. The Hall–Kier alpha value is -4.04. The first kappa shape index (κ1) is 26.6. The van der Waals surface area contributed by atoms with Crippen molar-refractivity contribution in [3.8, 4) is 11.3 Å². The molecule has 2 unspecified atom stereocenters. The number of ether oxygens (including phenoxy) is 1. The Morgan fingerprint density at radius 2 is 1.95 bits per heavy atom. The lowest BCUT2D eigenvalue weighted by atomic mass is 10.1. The van der Waals surface area contributed by atoms with Gasteiger partial charge < -0.3 is 28.3 Å². The lowest BCUT2D eigenvalue weighted by Crippen LogP contribution is -2.37. The van der Waals surface area contributed by atoms with E-state index < -0.39 is 44.0 Å². The van der Waals surface area contributed by atoms with Crippen molar-refractivity contribution < 1.29 is 27.9 Å². The summed E-state index contributed by atoms with van der Waals surface area (Å²) in [4.78, 5) is 39.1. The van der Waals surface area contributed by atoms with Gasteiger partial charge >= 0.3 is 13.9 Å². The first-order valence-corrected chi connectivity index (χ1v) is 15.4. The molecule has 0 spiro atoms. The first-order chi connectivity index (χ1) is 20.8. The van der Waals surface area contributed by atoms with Crippen LogP contribution in [-0.4, -0.2) is 53.9 Å². The maximum absolute atomic E-state index is 13.8. The van der Waals surface area contributed by atoms with Crippen molar-refractivity contribution in [2.75, 3.05) is 6.61 Å². The molecule has 2 aliphatic heterocycles. The second kappa shape index (κ2) is 10.0. The largest absolute Gasteiger partial charge is 0.423 e. The van der Waals surface area contributed by atoms with E-state index in [1.807, 2.05) is 49.4 Å². The highest BCUT2D eigenvalue weighted by molar-refractivity contribution is 7.99. The van der Waals surface area contributed by atoms with Crippen LogP contribution in [0.4, 0.5) is 0 Å². The van der Waals surface area contributed by atoms with Crippen molar-refractivity contribution in [1.82, 2.24) is 23.9 Å². The predicted octanol–water partition coefficient (Wildman–Crippen LogP) is 3.67. The molecule has 0 radical (unpaired) electrons. The molecule has 0 amide bonds. The quantitative estimate of drug-likeness (QED) is 0.219. The maximum Gasteiger partial charge on any atom is 0.336 e. The summed E-state index contributed by atoms with van der Waals surface area (Å²) in [6.45, 7) is 1.81. The van der Waals surface area contributed by atoms with Crippen molar-refractivity contribution >= 4 is 47.9 Å². The highest BCUT2D eigenvalue weighted by Crippen LogP contribution is 2.44. The summed E-state index contributed by atoms with van der Waals surface area (Å²) in [6, 6.07) is 16.3. The Labute approximate surface area is 246 Å². The molecule has 5 atom stereocenters. The number of aliphatic hydroxyl groups excluding tert-OH is 1. The van der Waals surface area contributed by atoms with E-state index in [4.69, 9.17) is 23.2 Å². The third-order valence-electron chi connectivity index (χ3n) is 7.60. The zero-order valence-corrected chi connectivity index (χ0v) is 24.1. The van der Waals surface area contributed by atoms with Crippen LogP contribution < -0.4 is 11.2 Å². The number of nitrogens with zero attached hydrogens (tertiary/aromatic N) is 4. The second-order valence-electron chi connectivity index (χ2n) is 10.3. The van der Waals surface area contributed by atoms with Crippen LogP contribution >= 0.6 is 20.0 Å². The minimum absolute atomic E-state index is 0.0222. The molecule has 2 aliphatic rings. The molecule has 0 aliphatic carbocycles. The number of H-pyrrole nitrogens is 1. The van der Waals surface area contributed by atoms with Crippen LogP contribution in [0.25, 0.3) is 39.2 Å². The number of rotatable bonds is 4. The molecular weight excluding hydrogens is 597 g/mol. The second-order valence-corrected chi connectivity index (χ2v) is 12.4. The van der Waals surface area contributed by atoms with Gasteiger partial charge in [-0.15, -0.1) is 0 Å². The summed E-state index contributed by atoms with van der Waals surface area (Å²) in [6.07, 6.45) is -2.29. The van der Waals surface area contributed by atoms with Gasteiger partial charge in [0, 0.05) is 22.5 Å². The van der Waals surface area contributed by atoms with Crippen LogP contribution in [0.2, 0.25) is 0 Å². The summed E-state index contributed by atoms with van der Waals surface area (Å²) in [5.41, 5.74) is 2.08. The monoisotopic (exact) mass is 619 g/mol. The predicted molar refractivity (Wildman–Crippen MR) is 156 cm³/mol. The molecule has 0 bridgehead atoms. The van der Waals surface area contributed by atoms with Crippen molar-refractivity contribution in [2.24, 2.45) is 0 Å². The fourth-order valence-corrected chi connectivity index (χ4v) is 7.38. The third-order valence-corrected chi connectivity index (χ3v) is 9.43. The average molecular weight is 620 g/mol. The molecule has 0 saturated carbocycles. The van der Waals surface area contributed by atoms with Crippen LogP contribution in [-0.2, 0) is 18.3 Å². The topological polar surface area (TPSA) is 163 Å². The van der Waals surface area contributed by atoms with Crippen LogP contribution in [0.3, 0.4) is 0 Å². The van der Waals surface area contributed by atoms with E-state index in [2.05, 4.69) is 9.97 Å². The van der Waals surface area contributed by atoms with Crippen molar-refractivity contribution in [2.45, 2.75) is 41.5 Å². The van der Waals surface area contributed by atoms with Gasteiger partial charge in [-0.3, -0.25) is 13.9 Å². The van der Waals surface area contributed by atoms with Crippen LogP contribution in [0.5, 0.6) is 0 Å². The molecule has 43 heavy (non-hydrogen) atoms. The molecule has 6 heterocycles. The Morgan fingerprint density at radius 1 is 1.12 bits per heavy atom. The SMILES string of the molecule is Cc1cc(=O)oc2cc(Sc3nc4c(=O)n5cc(-c6ccccc6)[nH]c5nc4n3[C@@H]3OC4CO[PH](=O)O[C@H]4[C@@H]3O)ccc12. The molecule has 4 aromatic heterocycles. The van der Waals surface area contributed by atoms with E-state index in [1.165, 1.54) is 22.2 Å². The van der Waals surface area contributed by atoms with E-state index in [-0.39, 0.29) is 23.5 Å². The molecule has 2 aromatic carbocycles. The van der Waals surface area contributed by atoms with Gasteiger partial charge in [0.2, 0.25) is 5.78 Å². The summed E-state index contributed by atoms with van der Waals surface area (Å²) < 4.78 is 37.1. The van der Waals surface area contributed by atoms with Gasteiger partial charge in [0.1, 0.15) is 23.9 Å². The summed E-state index contributed by atoms with van der Waals surface area (Å²) in [5.74, 6) is 0.270. The van der Waals surface area contributed by atoms with E-state index >= 15 is 0 Å². The number of hydrogen-bond donors (Lipinski definition) is 2. The molecule has 6 aromatic rings. The molecular formula is C28H22N5O8PS. The number of nitrogens with one attached hydrogen (secondary N) is 1.